The molecule has 0 aliphatic rings. The van der Waals surface area contributed by atoms with Crippen molar-refractivity contribution in [3.8, 4) is 0 Å². The van der Waals surface area contributed by atoms with Crippen LogP contribution in [0.2, 0.25) is 10.2 Å². The molecule has 2 aromatic rings. The number of alkyl halides is 3. The van der Waals surface area contributed by atoms with Crippen LogP contribution in [0, 0.1) is 0 Å². The molecule has 142 valence electrons. The van der Waals surface area contributed by atoms with Crippen molar-refractivity contribution in [2.75, 3.05) is 0 Å². The minimum atomic E-state index is -4.44. The molecule has 0 aliphatic carbocycles. The molecule has 0 fully saturated rings. The lowest BCUT2D eigenvalue weighted by atomic mass is 10.2. The SMILES string of the molecule is CC(CC(F)(F)F)n1cnc(C(=O)NS(=O)(=O)c2ccccc2Cl)c1Cl. The topological polar surface area (TPSA) is 81.1 Å². The summed E-state index contributed by atoms with van der Waals surface area (Å²) in [7, 11) is -4.31. The van der Waals surface area contributed by atoms with E-state index in [1.54, 1.807) is 4.72 Å². The van der Waals surface area contributed by atoms with Crippen LogP contribution in [-0.4, -0.2) is 30.1 Å². The Morgan fingerprint density at radius 2 is 1.92 bits per heavy atom. The number of aromatic nitrogens is 2. The summed E-state index contributed by atoms with van der Waals surface area (Å²) in [6, 6.07) is 4.29. The third kappa shape index (κ3) is 4.68. The van der Waals surface area contributed by atoms with Gasteiger partial charge in [0.15, 0.2) is 5.69 Å². The van der Waals surface area contributed by atoms with Gasteiger partial charge in [-0.05, 0) is 19.1 Å². The van der Waals surface area contributed by atoms with E-state index in [1.807, 2.05) is 0 Å². The smallest absolute Gasteiger partial charge is 0.318 e. The van der Waals surface area contributed by atoms with Gasteiger partial charge in [0.05, 0.1) is 17.8 Å². The molecule has 1 atom stereocenters. The number of carbonyl (C=O) groups excluding carboxylic acids is 1. The van der Waals surface area contributed by atoms with Crippen molar-refractivity contribution in [3.63, 3.8) is 0 Å². The van der Waals surface area contributed by atoms with Crippen LogP contribution in [0.4, 0.5) is 13.2 Å². The molecule has 0 radical (unpaired) electrons. The van der Waals surface area contributed by atoms with Crippen molar-refractivity contribution in [2.24, 2.45) is 0 Å². The molecule has 1 unspecified atom stereocenters. The number of benzene rings is 1. The minimum Gasteiger partial charge on any atom is -0.318 e. The lowest BCUT2D eigenvalue weighted by Gasteiger charge is -2.16. The Kier molecular flexibility index (Phi) is 5.89. The number of carbonyl (C=O) groups is 1. The number of nitrogens with zero attached hydrogens (tertiary/aromatic N) is 2. The van der Waals surface area contributed by atoms with Gasteiger partial charge >= 0.3 is 6.18 Å². The monoisotopic (exact) mass is 429 g/mol. The summed E-state index contributed by atoms with van der Waals surface area (Å²) in [5, 5.41) is -0.517. The van der Waals surface area contributed by atoms with Gasteiger partial charge in [-0.2, -0.15) is 13.2 Å². The molecule has 0 saturated carbocycles. The zero-order chi connectivity index (χ0) is 19.7. The third-order valence-electron chi connectivity index (χ3n) is 3.30. The zero-order valence-corrected chi connectivity index (χ0v) is 15.4. The van der Waals surface area contributed by atoms with E-state index in [9.17, 15) is 26.4 Å². The first kappa shape index (κ1) is 20.5. The molecule has 0 spiro atoms. The van der Waals surface area contributed by atoms with Gasteiger partial charge < -0.3 is 4.57 Å². The number of hydrogen-bond donors (Lipinski definition) is 1. The maximum atomic E-state index is 12.5. The number of rotatable bonds is 5. The van der Waals surface area contributed by atoms with Gasteiger partial charge in [0.25, 0.3) is 15.9 Å². The van der Waals surface area contributed by atoms with Crippen LogP contribution in [0.25, 0.3) is 0 Å². The van der Waals surface area contributed by atoms with Crippen molar-refractivity contribution in [1.82, 2.24) is 14.3 Å². The van der Waals surface area contributed by atoms with E-state index in [1.165, 1.54) is 31.2 Å². The zero-order valence-electron chi connectivity index (χ0n) is 13.1. The van der Waals surface area contributed by atoms with Crippen LogP contribution in [0.15, 0.2) is 35.5 Å². The van der Waals surface area contributed by atoms with Crippen molar-refractivity contribution in [1.29, 1.82) is 0 Å². The Morgan fingerprint density at radius 1 is 1.31 bits per heavy atom. The summed E-state index contributed by atoms with van der Waals surface area (Å²) in [4.78, 5) is 15.5. The second-order valence-corrected chi connectivity index (χ2v) is 7.74. The lowest BCUT2D eigenvalue weighted by molar-refractivity contribution is -0.141. The highest BCUT2D eigenvalue weighted by atomic mass is 35.5. The van der Waals surface area contributed by atoms with Gasteiger partial charge in [-0.25, -0.2) is 18.1 Å². The Morgan fingerprint density at radius 3 is 2.50 bits per heavy atom. The highest BCUT2D eigenvalue weighted by Gasteiger charge is 2.32. The lowest BCUT2D eigenvalue weighted by Crippen LogP contribution is -2.31. The van der Waals surface area contributed by atoms with E-state index in [0.717, 1.165) is 10.9 Å². The Bertz CT molecular complexity index is 929. The maximum Gasteiger partial charge on any atom is 0.391 e. The molecular formula is C14H12Cl2F3N3O3S. The maximum absolute atomic E-state index is 12.5. The summed E-state index contributed by atoms with van der Waals surface area (Å²) < 4.78 is 64.6. The number of amides is 1. The highest BCUT2D eigenvalue weighted by molar-refractivity contribution is 7.90. The van der Waals surface area contributed by atoms with Crippen LogP contribution >= 0.6 is 23.2 Å². The second-order valence-electron chi connectivity index (χ2n) is 5.32. The van der Waals surface area contributed by atoms with Gasteiger partial charge in [-0.3, -0.25) is 4.79 Å². The highest BCUT2D eigenvalue weighted by Crippen LogP contribution is 2.30. The average Bonchev–Trinajstić information content (AvgIpc) is 2.87. The first-order chi connectivity index (χ1) is 11.9. The van der Waals surface area contributed by atoms with E-state index < -0.39 is 45.4 Å². The number of nitrogens with one attached hydrogen (secondary N) is 1. The predicted molar refractivity (Wildman–Crippen MR) is 88.7 cm³/mol. The van der Waals surface area contributed by atoms with Gasteiger partial charge in [-0.1, -0.05) is 35.3 Å². The summed E-state index contributed by atoms with van der Waals surface area (Å²) >= 11 is 11.7. The first-order valence-electron chi connectivity index (χ1n) is 7.03. The summed E-state index contributed by atoms with van der Waals surface area (Å²) in [5.41, 5.74) is -0.517. The normalized spacial score (nSPS) is 13.5. The Labute approximate surface area is 157 Å². The first-order valence-corrected chi connectivity index (χ1v) is 9.27. The predicted octanol–water partition coefficient (Wildman–Crippen LogP) is 3.82. The largest absolute Gasteiger partial charge is 0.391 e. The number of imidazole rings is 1. The quantitative estimate of drug-likeness (QED) is 0.782. The van der Waals surface area contributed by atoms with Crippen LogP contribution in [0.5, 0.6) is 0 Å². The molecular weight excluding hydrogens is 418 g/mol. The molecule has 1 heterocycles. The fourth-order valence-corrected chi connectivity index (χ4v) is 3.95. The third-order valence-corrected chi connectivity index (χ3v) is 5.51. The molecule has 12 heteroatoms. The van der Waals surface area contributed by atoms with Gasteiger partial charge in [0.2, 0.25) is 0 Å². The van der Waals surface area contributed by atoms with E-state index >= 15 is 0 Å². The molecule has 26 heavy (non-hydrogen) atoms. The minimum absolute atomic E-state index is 0.108. The van der Waals surface area contributed by atoms with Crippen LogP contribution < -0.4 is 4.72 Å². The molecule has 0 aliphatic heterocycles. The molecule has 0 saturated heterocycles. The van der Waals surface area contributed by atoms with Gasteiger partial charge in [-0.15, -0.1) is 0 Å². The molecule has 1 amide bonds. The fraction of sp³-hybridized carbons (Fsp3) is 0.286. The molecule has 1 N–H and O–H groups in total. The molecule has 1 aromatic heterocycles. The average molecular weight is 430 g/mol. The van der Waals surface area contributed by atoms with E-state index in [2.05, 4.69) is 4.98 Å². The number of halogens is 5. The molecule has 0 bridgehead atoms. The molecule has 6 nitrogen and oxygen atoms in total. The van der Waals surface area contributed by atoms with Crippen molar-refractivity contribution in [3.05, 3.63) is 46.5 Å². The van der Waals surface area contributed by atoms with Gasteiger partial charge in [0, 0.05) is 6.04 Å². The standard InChI is InChI=1S/C14H12Cl2F3N3O3S/c1-8(6-14(17,18)19)22-7-20-11(12(22)16)13(23)21-26(24,25)10-5-3-2-4-9(10)15/h2-5,7-8H,6H2,1H3,(H,21,23). The Hall–Kier alpha value is -1.78. The van der Waals surface area contributed by atoms with E-state index in [-0.39, 0.29) is 9.92 Å². The van der Waals surface area contributed by atoms with Gasteiger partial charge in [0.1, 0.15) is 10.0 Å². The van der Waals surface area contributed by atoms with Crippen LogP contribution in [0.1, 0.15) is 29.9 Å². The Balaban J connectivity index is 2.25. The van der Waals surface area contributed by atoms with E-state index in [4.69, 9.17) is 23.2 Å². The van der Waals surface area contributed by atoms with Crippen LogP contribution in [-0.2, 0) is 10.0 Å². The molecule has 2 rings (SSSR count). The summed E-state index contributed by atoms with van der Waals surface area (Å²) in [5.74, 6) is -1.19. The summed E-state index contributed by atoms with van der Waals surface area (Å²) in [6.07, 6.45) is -4.69. The van der Waals surface area contributed by atoms with Crippen LogP contribution in [0.3, 0.4) is 0 Å². The molecule has 1 aromatic carbocycles. The van der Waals surface area contributed by atoms with Crippen molar-refractivity contribution >= 4 is 39.1 Å². The summed E-state index contributed by atoms with van der Waals surface area (Å²) in [6.45, 7) is 1.24. The van der Waals surface area contributed by atoms with Crippen molar-refractivity contribution < 1.29 is 26.4 Å². The second kappa shape index (κ2) is 7.45. The number of sulfonamides is 1. The van der Waals surface area contributed by atoms with E-state index in [0.29, 0.717) is 0 Å². The fourth-order valence-electron chi connectivity index (χ4n) is 2.13. The number of hydrogen-bond acceptors (Lipinski definition) is 4. The van der Waals surface area contributed by atoms with Crippen molar-refractivity contribution in [2.45, 2.75) is 30.5 Å².